The molecule has 3 aliphatic rings. The largest absolute Gasteiger partial charge is 0.314 e. The van der Waals surface area contributed by atoms with E-state index in [2.05, 4.69) is 17.1 Å². The van der Waals surface area contributed by atoms with E-state index in [1.54, 1.807) is 0 Å². The normalized spacial score (nSPS) is 35.8. The Balaban J connectivity index is 1.45. The molecule has 1 saturated heterocycles. The molecule has 3 atom stereocenters. The zero-order valence-corrected chi connectivity index (χ0v) is 11.3. The van der Waals surface area contributed by atoms with Crippen molar-refractivity contribution < 1.29 is 0 Å². The van der Waals surface area contributed by atoms with Crippen LogP contribution in [0.2, 0.25) is 0 Å². The van der Waals surface area contributed by atoms with Gasteiger partial charge in [-0.2, -0.15) is 0 Å². The molecular formula is C15H28N2. The van der Waals surface area contributed by atoms with Crippen molar-refractivity contribution in [1.82, 2.24) is 10.2 Å². The number of nitrogens with one attached hydrogen (secondary N) is 1. The number of fused-ring (bicyclic) bond motifs is 1. The standard InChI is InChI=1S/C15H28N2/c1-12(8-10-16-14-6-7-14)17-11-9-13-4-2-3-5-15(13)17/h12-16H,2-11H2,1H3. The summed E-state index contributed by atoms with van der Waals surface area (Å²) in [7, 11) is 0. The molecule has 0 bridgehead atoms. The van der Waals surface area contributed by atoms with Gasteiger partial charge in [-0.3, -0.25) is 4.90 Å². The molecule has 2 saturated carbocycles. The monoisotopic (exact) mass is 236 g/mol. The van der Waals surface area contributed by atoms with Crippen molar-refractivity contribution in [3.05, 3.63) is 0 Å². The Kier molecular flexibility index (Phi) is 3.72. The molecule has 0 aromatic rings. The van der Waals surface area contributed by atoms with E-state index in [1.165, 1.54) is 64.5 Å². The third-order valence-corrected chi connectivity index (χ3v) is 5.19. The van der Waals surface area contributed by atoms with E-state index in [-0.39, 0.29) is 0 Å². The molecule has 0 amide bonds. The summed E-state index contributed by atoms with van der Waals surface area (Å²) < 4.78 is 0. The number of hydrogen-bond donors (Lipinski definition) is 1. The molecule has 1 heterocycles. The smallest absolute Gasteiger partial charge is 0.0127 e. The Morgan fingerprint density at radius 1 is 1.12 bits per heavy atom. The van der Waals surface area contributed by atoms with Gasteiger partial charge in [0.15, 0.2) is 0 Å². The summed E-state index contributed by atoms with van der Waals surface area (Å²) in [6.45, 7) is 5.06. The van der Waals surface area contributed by atoms with E-state index in [4.69, 9.17) is 0 Å². The van der Waals surface area contributed by atoms with E-state index in [0.29, 0.717) is 0 Å². The summed E-state index contributed by atoms with van der Waals surface area (Å²) >= 11 is 0. The Morgan fingerprint density at radius 3 is 2.76 bits per heavy atom. The van der Waals surface area contributed by atoms with E-state index < -0.39 is 0 Å². The molecule has 0 radical (unpaired) electrons. The van der Waals surface area contributed by atoms with Crippen LogP contribution >= 0.6 is 0 Å². The molecule has 17 heavy (non-hydrogen) atoms. The molecule has 0 aromatic heterocycles. The van der Waals surface area contributed by atoms with Gasteiger partial charge >= 0.3 is 0 Å². The average Bonchev–Trinajstić information content (AvgIpc) is 3.07. The molecule has 1 N–H and O–H groups in total. The Labute approximate surface area is 106 Å². The predicted molar refractivity (Wildman–Crippen MR) is 72.2 cm³/mol. The minimum atomic E-state index is 0.800. The van der Waals surface area contributed by atoms with Gasteiger partial charge in [-0.05, 0) is 64.5 Å². The second-order valence-electron chi connectivity index (χ2n) is 6.50. The van der Waals surface area contributed by atoms with Gasteiger partial charge in [0.05, 0.1) is 0 Å². The highest BCUT2D eigenvalue weighted by atomic mass is 15.2. The molecule has 3 fully saturated rings. The van der Waals surface area contributed by atoms with E-state index in [9.17, 15) is 0 Å². The lowest BCUT2D eigenvalue weighted by Crippen LogP contribution is -2.41. The van der Waals surface area contributed by atoms with E-state index in [0.717, 1.165) is 24.0 Å². The minimum absolute atomic E-state index is 0.800. The molecule has 2 heteroatoms. The molecule has 3 unspecified atom stereocenters. The van der Waals surface area contributed by atoms with Gasteiger partial charge in [0.1, 0.15) is 0 Å². The van der Waals surface area contributed by atoms with Crippen LogP contribution in [0.1, 0.15) is 58.3 Å². The topological polar surface area (TPSA) is 15.3 Å². The first-order valence-corrected chi connectivity index (χ1v) is 7.84. The van der Waals surface area contributed by atoms with Crippen LogP contribution < -0.4 is 5.32 Å². The van der Waals surface area contributed by atoms with Gasteiger partial charge in [0.25, 0.3) is 0 Å². The molecule has 3 rings (SSSR count). The van der Waals surface area contributed by atoms with Crippen LogP contribution in [-0.2, 0) is 0 Å². The first-order valence-electron chi connectivity index (χ1n) is 7.84. The van der Waals surface area contributed by atoms with Crippen molar-refractivity contribution in [3.63, 3.8) is 0 Å². The minimum Gasteiger partial charge on any atom is -0.314 e. The first kappa shape index (κ1) is 12.0. The highest BCUT2D eigenvalue weighted by Gasteiger charge is 2.37. The summed E-state index contributed by atoms with van der Waals surface area (Å²) in [5.74, 6) is 1.04. The van der Waals surface area contributed by atoms with Gasteiger partial charge in [-0.25, -0.2) is 0 Å². The lowest BCUT2D eigenvalue weighted by atomic mass is 9.85. The van der Waals surface area contributed by atoms with Crippen molar-refractivity contribution in [3.8, 4) is 0 Å². The summed E-state index contributed by atoms with van der Waals surface area (Å²) in [4.78, 5) is 2.83. The van der Waals surface area contributed by atoms with Crippen molar-refractivity contribution in [2.75, 3.05) is 13.1 Å². The van der Waals surface area contributed by atoms with Gasteiger partial charge in [0, 0.05) is 18.1 Å². The Hall–Kier alpha value is -0.0800. The van der Waals surface area contributed by atoms with Gasteiger partial charge < -0.3 is 5.32 Å². The summed E-state index contributed by atoms with van der Waals surface area (Å²) in [6, 6.07) is 2.62. The van der Waals surface area contributed by atoms with Crippen LogP contribution in [0.5, 0.6) is 0 Å². The molecular weight excluding hydrogens is 208 g/mol. The molecule has 1 aliphatic heterocycles. The Bertz CT molecular complexity index is 249. The van der Waals surface area contributed by atoms with Crippen LogP contribution in [-0.4, -0.2) is 36.1 Å². The number of nitrogens with zero attached hydrogens (tertiary/aromatic N) is 1. The molecule has 0 aromatic carbocycles. The number of rotatable bonds is 5. The zero-order chi connectivity index (χ0) is 11.7. The summed E-state index contributed by atoms with van der Waals surface area (Å²) in [5, 5.41) is 3.66. The van der Waals surface area contributed by atoms with Crippen LogP contribution in [0.4, 0.5) is 0 Å². The second kappa shape index (κ2) is 5.27. The molecule has 2 aliphatic carbocycles. The fraction of sp³-hybridized carbons (Fsp3) is 1.00. The highest BCUT2D eigenvalue weighted by molar-refractivity contribution is 4.92. The molecule has 0 spiro atoms. The fourth-order valence-corrected chi connectivity index (χ4v) is 3.94. The van der Waals surface area contributed by atoms with Crippen LogP contribution in [0.3, 0.4) is 0 Å². The number of likely N-dealkylation sites (tertiary alicyclic amines) is 1. The zero-order valence-electron chi connectivity index (χ0n) is 11.3. The third kappa shape index (κ3) is 2.85. The fourth-order valence-electron chi connectivity index (χ4n) is 3.94. The lowest BCUT2D eigenvalue weighted by Gasteiger charge is -2.35. The molecule has 98 valence electrons. The van der Waals surface area contributed by atoms with Crippen molar-refractivity contribution >= 4 is 0 Å². The third-order valence-electron chi connectivity index (χ3n) is 5.19. The maximum Gasteiger partial charge on any atom is 0.0127 e. The average molecular weight is 236 g/mol. The van der Waals surface area contributed by atoms with E-state index >= 15 is 0 Å². The van der Waals surface area contributed by atoms with Gasteiger partial charge in [0.2, 0.25) is 0 Å². The van der Waals surface area contributed by atoms with E-state index in [1.807, 2.05) is 0 Å². The number of hydrogen-bond acceptors (Lipinski definition) is 2. The first-order chi connectivity index (χ1) is 8.34. The van der Waals surface area contributed by atoms with Crippen molar-refractivity contribution in [1.29, 1.82) is 0 Å². The van der Waals surface area contributed by atoms with Crippen LogP contribution in [0.15, 0.2) is 0 Å². The predicted octanol–water partition coefficient (Wildman–Crippen LogP) is 2.78. The van der Waals surface area contributed by atoms with Gasteiger partial charge in [-0.1, -0.05) is 12.8 Å². The molecule has 2 nitrogen and oxygen atoms in total. The van der Waals surface area contributed by atoms with Crippen molar-refractivity contribution in [2.45, 2.75) is 76.4 Å². The van der Waals surface area contributed by atoms with Gasteiger partial charge in [-0.15, -0.1) is 0 Å². The van der Waals surface area contributed by atoms with Crippen molar-refractivity contribution in [2.24, 2.45) is 5.92 Å². The summed E-state index contributed by atoms with van der Waals surface area (Å²) in [6.07, 6.45) is 11.6. The Morgan fingerprint density at radius 2 is 1.94 bits per heavy atom. The quantitative estimate of drug-likeness (QED) is 0.789. The maximum absolute atomic E-state index is 3.66. The SMILES string of the molecule is CC(CCNC1CC1)N1CCC2CCCCC21. The summed E-state index contributed by atoms with van der Waals surface area (Å²) in [5.41, 5.74) is 0. The highest BCUT2D eigenvalue weighted by Crippen LogP contribution is 2.37. The maximum atomic E-state index is 3.66. The van der Waals surface area contributed by atoms with Crippen LogP contribution in [0, 0.1) is 5.92 Å². The second-order valence-corrected chi connectivity index (χ2v) is 6.50. The van der Waals surface area contributed by atoms with Crippen LogP contribution in [0.25, 0.3) is 0 Å². The lowest BCUT2D eigenvalue weighted by molar-refractivity contribution is 0.135.